The molecule has 0 spiro atoms. The van der Waals surface area contributed by atoms with Crippen LogP contribution in [0.25, 0.3) is 0 Å². The number of para-hydroxylation sites is 1. The van der Waals surface area contributed by atoms with Crippen LogP contribution in [0, 0.1) is 6.92 Å². The summed E-state index contributed by atoms with van der Waals surface area (Å²) < 4.78 is 37.4. The minimum atomic E-state index is -3.71. The average molecular weight is 483 g/mol. The van der Waals surface area contributed by atoms with Crippen molar-refractivity contribution in [3.8, 4) is 5.75 Å². The first kappa shape index (κ1) is 24.8. The van der Waals surface area contributed by atoms with Crippen LogP contribution in [0.15, 0.2) is 77.7 Å². The lowest BCUT2D eigenvalue weighted by Crippen LogP contribution is -2.26. The van der Waals surface area contributed by atoms with Gasteiger partial charge in [-0.25, -0.2) is 13.2 Å². The molecule has 8 nitrogen and oxygen atoms in total. The third-order valence-electron chi connectivity index (χ3n) is 4.95. The summed E-state index contributed by atoms with van der Waals surface area (Å²) in [6.45, 7) is 3.52. The first-order valence-corrected chi connectivity index (χ1v) is 12.0. The van der Waals surface area contributed by atoms with Gasteiger partial charge >= 0.3 is 5.97 Å². The maximum absolute atomic E-state index is 12.8. The molecule has 1 amide bonds. The molecule has 3 aromatic carbocycles. The van der Waals surface area contributed by atoms with Crippen LogP contribution in [0.2, 0.25) is 0 Å². The minimum absolute atomic E-state index is 0.195. The van der Waals surface area contributed by atoms with E-state index in [1.807, 2.05) is 6.92 Å². The highest BCUT2D eigenvalue weighted by molar-refractivity contribution is 7.92. The van der Waals surface area contributed by atoms with E-state index in [2.05, 4.69) is 5.32 Å². The third kappa shape index (κ3) is 5.93. The van der Waals surface area contributed by atoms with Crippen molar-refractivity contribution in [1.82, 2.24) is 0 Å². The van der Waals surface area contributed by atoms with Crippen LogP contribution in [0.3, 0.4) is 0 Å². The molecule has 0 aliphatic heterocycles. The van der Waals surface area contributed by atoms with Crippen molar-refractivity contribution in [2.45, 2.75) is 18.7 Å². The van der Waals surface area contributed by atoms with Gasteiger partial charge in [-0.2, -0.15) is 0 Å². The Morgan fingerprint density at radius 1 is 0.941 bits per heavy atom. The highest BCUT2D eigenvalue weighted by atomic mass is 32.2. The van der Waals surface area contributed by atoms with Gasteiger partial charge in [-0.1, -0.05) is 29.8 Å². The lowest BCUT2D eigenvalue weighted by Gasteiger charge is -2.20. The fourth-order valence-corrected chi connectivity index (χ4v) is 4.27. The molecule has 0 heterocycles. The molecule has 0 fully saturated rings. The second-order valence-corrected chi connectivity index (χ2v) is 9.35. The highest BCUT2D eigenvalue weighted by Gasteiger charge is 2.21. The van der Waals surface area contributed by atoms with Crippen LogP contribution in [0.4, 0.5) is 11.4 Å². The molecule has 3 rings (SSSR count). The predicted molar refractivity (Wildman–Crippen MR) is 130 cm³/mol. The molecule has 9 heteroatoms. The first-order chi connectivity index (χ1) is 16.2. The fraction of sp³-hybridized carbons (Fsp3) is 0.200. The van der Waals surface area contributed by atoms with Gasteiger partial charge in [-0.05, 0) is 62.4 Å². The Labute approximate surface area is 199 Å². The normalized spacial score (nSPS) is 10.9. The van der Waals surface area contributed by atoms with Crippen molar-refractivity contribution in [3.63, 3.8) is 0 Å². The molecule has 0 saturated heterocycles. The lowest BCUT2D eigenvalue weighted by molar-refractivity contribution is -0.118. The molecule has 34 heavy (non-hydrogen) atoms. The van der Waals surface area contributed by atoms with Crippen LogP contribution in [-0.4, -0.2) is 40.6 Å². The molecule has 0 bridgehead atoms. The van der Waals surface area contributed by atoms with Crippen molar-refractivity contribution >= 4 is 33.3 Å². The zero-order valence-electron chi connectivity index (χ0n) is 19.1. The van der Waals surface area contributed by atoms with E-state index in [0.29, 0.717) is 17.1 Å². The van der Waals surface area contributed by atoms with Crippen molar-refractivity contribution in [1.29, 1.82) is 0 Å². The zero-order valence-corrected chi connectivity index (χ0v) is 20.0. The second-order valence-electron chi connectivity index (χ2n) is 7.38. The number of aryl methyl sites for hydroxylation is 1. The van der Waals surface area contributed by atoms with E-state index < -0.39 is 21.9 Å². The quantitative estimate of drug-likeness (QED) is 0.462. The lowest BCUT2D eigenvalue weighted by atomic mass is 10.2. The summed E-state index contributed by atoms with van der Waals surface area (Å²) in [5.41, 5.74) is 1.99. The number of esters is 1. The Morgan fingerprint density at radius 3 is 2.24 bits per heavy atom. The minimum Gasteiger partial charge on any atom is -0.484 e. The largest absolute Gasteiger partial charge is 0.484 e. The number of nitrogens with zero attached hydrogens (tertiary/aromatic N) is 1. The van der Waals surface area contributed by atoms with Crippen LogP contribution in [-0.2, 0) is 19.6 Å². The maximum atomic E-state index is 12.8. The van der Waals surface area contributed by atoms with Gasteiger partial charge in [0.05, 0.1) is 28.4 Å². The third-order valence-corrected chi connectivity index (χ3v) is 6.75. The Morgan fingerprint density at radius 2 is 1.59 bits per heavy atom. The van der Waals surface area contributed by atoms with Gasteiger partial charge in [-0.15, -0.1) is 0 Å². The summed E-state index contributed by atoms with van der Waals surface area (Å²) in [6, 6.07) is 19.5. The summed E-state index contributed by atoms with van der Waals surface area (Å²) in [4.78, 5) is 24.6. The number of carbonyl (C=O) groups is 2. The standard InChI is InChI=1S/C25H26N2O6S/c1-4-32-25(29)22-7-5-6-8-23(22)26-24(28)17-33-20-13-11-19(12-14-20)27(3)34(30,31)21-15-9-18(2)10-16-21/h5-16H,4,17H2,1-3H3,(H,26,28). The highest BCUT2D eigenvalue weighted by Crippen LogP contribution is 2.24. The number of amides is 1. The smallest absolute Gasteiger partial charge is 0.340 e. The number of benzene rings is 3. The molecular formula is C25H26N2O6S. The molecule has 0 aliphatic carbocycles. The van der Waals surface area contributed by atoms with Gasteiger partial charge in [0.1, 0.15) is 5.75 Å². The van der Waals surface area contributed by atoms with Gasteiger partial charge in [0.2, 0.25) is 0 Å². The number of ether oxygens (including phenoxy) is 2. The number of nitrogens with one attached hydrogen (secondary N) is 1. The van der Waals surface area contributed by atoms with Crippen molar-refractivity contribution in [2.24, 2.45) is 0 Å². The Bertz CT molecular complexity index is 1260. The summed E-state index contributed by atoms with van der Waals surface area (Å²) in [7, 11) is -2.24. The van der Waals surface area contributed by atoms with Gasteiger partial charge in [0, 0.05) is 7.05 Å². The summed E-state index contributed by atoms with van der Waals surface area (Å²) >= 11 is 0. The van der Waals surface area contributed by atoms with Gasteiger partial charge in [-0.3, -0.25) is 9.10 Å². The average Bonchev–Trinajstić information content (AvgIpc) is 2.83. The molecule has 0 unspecified atom stereocenters. The molecular weight excluding hydrogens is 456 g/mol. The monoisotopic (exact) mass is 482 g/mol. The van der Waals surface area contributed by atoms with Crippen molar-refractivity contribution in [3.05, 3.63) is 83.9 Å². The summed E-state index contributed by atoms with van der Waals surface area (Å²) in [6.07, 6.45) is 0. The molecule has 0 aliphatic rings. The number of hydrogen-bond donors (Lipinski definition) is 1. The van der Waals surface area contributed by atoms with E-state index in [-0.39, 0.29) is 23.7 Å². The topological polar surface area (TPSA) is 102 Å². The first-order valence-electron chi connectivity index (χ1n) is 10.6. The number of anilines is 2. The van der Waals surface area contributed by atoms with Gasteiger partial charge in [0.15, 0.2) is 6.61 Å². The SMILES string of the molecule is CCOC(=O)c1ccccc1NC(=O)COc1ccc(N(C)S(=O)(=O)c2ccc(C)cc2)cc1. The number of hydrogen-bond acceptors (Lipinski definition) is 6. The van der Waals surface area contributed by atoms with Crippen molar-refractivity contribution in [2.75, 3.05) is 29.9 Å². The zero-order chi connectivity index (χ0) is 24.7. The van der Waals surface area contributed by atoms with Gasteiger partial charge < -0.3 is 14.8 Å². The molecule has 0 aromatic heterocycles. The fourth-order valence-electron chi connectivity index (χ4n) is 3.07. The Hall–Kier alpha value is -3.85. The van der Waals surface area contributed by atoms with E-state index in [4.69, 9.17) is 9.47 Å². The predicted octanol–water partition coefficient (Wildman–Crippen LogP) is 4.01. The molecule has 178 valence electrons. The number of carbonyl (C=O) groups excluding carboxylic acids is 2. The van der Waals surface area contributed by atoms with Crippen LogP contribution in [0.1, 0.15) is 22.8 Å². The van der Waals surface area contributed by atoms with Crippen LogP contribution < -0.4 is 14.4 Å². The molecule has 1 N–H and O–H groups in total. The maximum Gasteiger partial charge on any atom is 0.340 e. The Balaban J connectivity index is 1.62. The van der Waals surface area contributed by atoms with E-state index in [9.17, 15) is 18.0 Å². The van der Waals surface area contributed by atoms with Crippen LogP contribution >= 0.6 is 0 Å². The van der Waals surface area contributed by atoms with E-state index in [0.717, 1.165) is 5.56 Å². The van der Waals surface area contributed by atoms with E-state index in [1.54, 1.807) is 79.7 Å². The Kier molecular flexibility index (Phi) is 7.91. The second kappa shape index (κ2) is 10.8. The summed E-state index contributed by atoms with van der Waals surface area (Å²) in [5.74, 6) is -0.599. The summed E-state index contributed by atoms with van der Waals surface area (Å²) in [5, 5.41) is 2.64. The molecule has 0 saturated carbocycles. The number of sulfonamides is 1. The van der Waals surface area contributed by atoms with E-state index >= 15 is 0 Å². The molecule has 3 aromatic rings. The molecule has 0 radical (unpaired) electrons. The van der Waals surface area contributed by atoms with E-state index in [1.165, 1.54) is 11.4 Å². The van der Waals surface area contributed by atoms with Crippen LogP contribution in [0.5, 0.6) is 5.75 Å². The molecule has 0 atom stereocenters. The number of rotatable bonds is 9. The van der Waals surface area contributed by atoms with Gasteiger partial charge in [0.25, 0.3) is 15.9 Å². The van der Waals surface area contributed by atoms with Crippen molar-refractivity contribution < 1.29 is 27.5 Å².